The summed E-state index contributed by atoms with van der Waals surface area (Å²) in [5, 5.41) is 6.65. The lowest BCUT2D eigenvalue weighted by atomic mass is 9.96. The molecule has 90 valence electrons. The van der Waals surface area contributed by atoms with Crippen molar-refractivity contribution in [3.8, 4) is 0 Å². The van der Waals surface area contributed by atoms with E-state index in [1.807, 2.05) is 4.31 Å². The predicted molar refractivity (Wildman–Crippen MR) is 64.2 cm³/mol. The maximum Gasteiger partial charge on any atom is 0.178 e. The number of aromatic amines is 1. The van der Waals surface area contributed by atoms with Crippen LogP contribution in [0.2, 0.25) is 0 Å². The zero-order valence-corrected chi connectivity index (χ0v) is 10.8. The highest BCUT2D eigenvalue weighted by atomic mass is 32.2. The van der Waals surface area contributed by atoms with E-state index in [-0.39, 0.29) is 5.92 Å². The Morgan fingerprint density at radius 3 is 3.00 bits per heavy atom. The first-order valence-electron chi connectivity index (χ1n) is 5.15. The molecule has 0 aromatic carbocycles. The highest BCUT2D eigenvalue weighted by Crippen LogP contribution is 2.30. The van der Waals surface area contributed by atoms with Crippen molar-refractivity contribution < 1.29 is 8.42 Å². The second kappa shape index (κ2) is 4.38. The Morgan fingerprint density at radius 1 is 1.62 bits per heavy atom. The minimum Gasteiger partial charge on any atom is -0.281 e. The Bertz CT molecular complexity index is 469. The van der Waals surface area contributed by atoms with Crippen LogP contribution in [0.4, 0.5) is 0 Å². The first kappa shape index (κ1) is 11.9. The van der Waals surface area contributed by atoms with Gasteiger partial charge in [-0.25, -0.2) is 8.42 Å². The van der Waals surface area contributed by atoms with E-state index in [4.69, 9.17) is 0 Å². The van der Waals surface area contributed by atoms with Crippen molar-refractivity contribution in [1.29, 1.82) is 0 Å². The molecule has 2 heterocycles. The van der Waals surface area contributed by atoms with Gasteiger partial charge in [-0.15, -0.1) is 0 Å². The molecule has 1 unspecified atom stereocenters. The Kier molecular flexibility index (Phi) is 3.27. The molecular formula is C9H15N3O2S2. The molecule has 0 spiro atoms. The quantitative estimate of drug-likeness (QED) is 0.774. The van der Waals surface area contributed by atoms with Crippen LogP contribution in [-0.4, -0.2) is 42.3 Å². The number of hydrogen-bond acceptors (Lipinski definition) is 5. The van der Waals surface area contributed by atoms with Crippen LogP contribution in [0.3, 0.4) is 0 Å². The zero-order valence-electron chi connectivity index (χ0n) is 9.05. The molecule has 0 radical (unpaired) electrons. The standard InChI is InChI=1S/C9H15N3O2S2/c1-16(13,14)8-5-10-11-9(8)7-3-2-4-12(15)6-7/h5,7,15H,2-4,6H2,1H3,(H,10,11). The molecule has 16 heavy (non-hydrogen) atoms. The topological polar surface area (TPSA) is 66.1 Å². The van der Waals surface area contributed by atoms with Gasteiger partial charge in [-0.2, -0.15) is 5.10 Å². The smallest absolute Gasteiger partial charge is 0.178 e. The van der Waals surface area contributed by atoms with Crippen molar-refractivity contribution in [3.05, 3.63) is 11.9 Å². The fraction of sp³-hybridized carbons (Fsp3) is 0.667. The maximum atomic E-state index is 11.5. The molecule has 0 aliphatic carbocycles. The summed E-state index contributed by atoms with van der Waals surface area (Å²) >= 11 is 4.31. The van der Waals surface area contributed by atoms with E-state index in [0.29, 0.717) is 4.90 Å². The van der Waals surface area contributed by atoms with Gasteiger partial charge in [-0.1, -0.05) is 12.8 Å². The van der Waals surface area contributed by atoms with Gasteiger partial charge in [0.15, 0.2) is 9.84 Å². The molecule has 0 saturated carbocycles. The maximum absolute atomic E-state index is 11.5. The molecule has 0 bridgehead atoms. The Morgan fingerprint density at radius 2 is 2.38 bits per heavy atom. The summed E-state index contributed by atoms with van der Waals surface area (Å²) in [6, 6.07) is 0. The SMILES string of the molecule is CS(=O)(=O)c1cn[nH]c1C1CCCN(S)C1. The lowest BCUT2D eigenvalue weighted by molar-refractivity contribution is 0.339. The molecule has 7 heteroatoms. The van der Waals surface area contributed by atoms with Gasteiger partial charge in [-0.05, 0) is 12.8 Å². The highest BCUT2D eigenvalue weighted by Gasteiger charge is 2.26. The summed E-state index contributed by atoms with van der Waals surface area (Å²) in [6.45, 7) is 1.70. The number of H-pyrrole nitrogens is 1. The average molecular weight is 261 g/mol. The third kappa shape index (κ3) is 2.41. The molecular weight excluding hydrogens is 246 g/mol. The molecule has 0 amide bonds. The van der Waals surface area contributed by atoms with Crippen LogP contribution >= 0.6 is 12.8 Å². The summed E-state index contributed by atoms with van der Waals surface area (Å²) in [4.78, 5) is 0.320. The first-order chi connectivity index (χ1) is 7.48. The number of aromatic nitrogens is 2. The third-order valence-corrected chi connectivity index (χ3v) is 4.33. The van der Waals surface area contributed by atoms with Crippen LogP contribution in [-0.2, 0) is 9.84 Å². The van der Waals surface area contributed by atoms with E-state index in [1.165, 1.54) is 12.5 Å². The summed E-state index contributed by atoms with van der Waals surface area (Å²) in [5.41, 5.74) is 0.723. The van der Waals surface area contributed by atoms with Gasteiger partial charge in [0, 0.05) is 25.3 Å². The van der Waals surface area contributed by atoms with E-state index in [0.717, 1.165) is 31.6 Å². The molecule has 1 saturated heterocycles. The van der Waals surface area contributed by atoms with Crippen LogP contribution in [0, 0.1) is 0 Å². The van der Waals surface area contributed by atoms with Crippen molar-refractivity contribution in [2.24, 2.45) is 0 Å². The van der Waals surface area contributed by atoms with Crippen LogP contribution in [0.1, 0.15) is 24.5 Å². The van der Waals surface area contributed by atoms with Gasteiger partial charge in [0.25, 0.3) is 0 Å². The summed E-state index contributed by atoms with van der Waals surface area (Å²) in [7, 11) is -3.19. The first-order valence-corrected chi connectivity index (χ1v) is 7.45. The number of sulfone groups is 1. The van der Waals surface area contributed by atoms with Crippen molar-refractivity contribution in [2.45, 2.75) is 23.7 Å². The molecule has 1 aliphatic heterocycles. The van der Waals surface area contributed by atoms with Gasteiger partial charge in [0.1, 0.15) is 4.90 Å². The van der Waals surface area contributed by atoms with Crippen molar-refractivity contribution in [2.75, 3.05) is 19.3 Å². The third-order valence-electron chi connectivity index (χ3n) is 2.84. The molecule has 2 rings (SSSR count). The van der Waals surface area contributed by atoms with Crippen molar-refractivity contribution in [1.82, 2.24) is 14.5 Å². The average Bonchev–Trinajstić information content (AvgIpc) is 2.65. The largest absolute Gasteiger partial charge is 0.281 e. The van der Waals surface area contributed by atoms with Crippen molar-refractivity contribution in [3.63, 3.8) is 0 Å². The predicted octanol–water partition coefficient (Wildman–Crippen LogP) is 0.837. The van der Waals surface area contributed by atoms with Crippen LogP contribution in [0.15, 0.2) is 11.1 Å². The summed E-state index contributed by atoms with van der Waals surface area (Å²) in [6.07, 6.45) is 4.60. The molecule has 5 nitrogen and oxygen atoms in total. The minimum atomic E-state index is -3.19. The van der Waals surface area contributed by atoms with Gasteiger partial charge >= 0.3 is 0 Å². The highest BCUT2D eigenvalue weighted by molar-refractivity contribution is 7.90. The second-order valence-corrected chi connectivity index (χ2v) is 6.72. The zero-order chi connectivity index (χ0) is 11.8. The molecule has 1 aromatic rings. The van der Waals surface area contributed by atoms with Gasteiger partial charge < -0.3 is 0 Å². The minimum absolute atomic E-state index is 0.179. The van der Waals surface area contributed by atoms with Crippen LogP contribution < -0.4 is 0 Å². The van der Waals surface area contributed by atoms with E-state index >= 15 is 0 Å². The van der Waals surface area contributed by atoms with E-state index in [2.05, 4.69) is 23.0 Å². The Labute approximate surface area is 101 Å². The van der Waals surface area contributed by atoms with Gasteiger partial charge in [0.05, 0.1) is 11.9 Å². The van der Waals surface area contributed by atoms with E-state index < -0.39 is 9.84 Å². The Balaban J connectivity index is 2.30. The molecule has 1 fully saturated rings. The normalized spacial score (nSPS) is 23.5. The van der Waals surface area contributed by atoms with Crippen molar-refractivity contribution >= 4 is 22.7 Å². The fourth-order valence-electron chi connectivity index (χ4n) is 2.07. The lowest BCUT2D eigenvalue weighted by Crippen LogP contribution is -2.28. The fourth-order valence-corrected chi connectivity index (χ4v) is 3.26. The summed E-state index contributed by atoms with van der Waals surface area (Å²) < 4.78 is 25.0. The summed E-state index contributed by atoms with van der Waals surface area (Å²) in [5.74, 6) is 0.179. The van der Waals surface area contributed by atoms with Crippen LogP contribution in [0.5, 0.6) is 0 Å². The monoisotopic (exact) mass is 261 g/mol. The number of piperidine rings is 1. The van der Waals surface area contributed by atoms with Gasteiger partial charge in [-0.3, -0.25) is 9.40 Å². The van der Waals surface area contributed by atoms with E-state index in [9.17, 15) is 8.42 Å². The lowest BCUT2D eigenvalue weighted by Gasteiger charge is -2.28. The van der Waals surface area contributed by atoms with Gasteiger partial charge in [0.2, 0.25) is 0 Å². The second-order valence-electron chi connectivity index (χ2n) is 4.17. The molecule has 1 aliphatic rings. The number of rotatable bonds is 2. The molecule has 1 N–H and O–H groups in total. The number of nitrogens with one attached hydrogen (secondary N) is 1. The number of nitrogens with zero attached hydrogens (tertiary/aromatic N) is 2. The Hall–Kier alpha value is -0.530. The van der Waals surface area contributed by atoms with Crippen LogP contribution in [0.25, 0.3) is 0 Å². The molecule has 1 aromatic heterocycles. The van der Waals surface area contributed by atoms with E-state index in [1.54, 1.807) is 0 Å². The number of hydrogen-bond donors (Lipinski definition) is 2. The number of thiol groups is 1. The molecule has 1 atom stereocenters.